The summed E-state index contributed by atoms with van der Waals surface area (Å²) in [4.78, 5) is 24.6. The molecule has 0 aromatic heterocycles. The summed E-state index contributed by atoms with van der Waals surface area (Å²) in [6.45, 7) is 0. The van der Waals surface area contributed by atoms with Crippen LogP contribution in [-0.4, -0.2) is 11.6 Å². The Balaban J connectivity index is 1.72. The highest BCUT2D eigenvalue weighted by molar-refractivity contribution is 6.07. The van der Waals surface area contributed by atoms with Crippen LogP contribution in [0.4, 0.5) is 0 Å². The van der Waals surface area contributed by atoms with Gasteiger partial charge in [-0.05, 0) is 53.6 Å². The second kappa shape index (κ2) is 9.59. The van der Waals surface area contributed by atoms with Crippen molar-refractivity contribution in [2.45, 2.75) is 0 Å². The normalized spacial score (nSPS) is 10.6. The van der Waals surface area contributed by atoms with Crippen molar-refractivity contribution in [1.82, 2.24) is 0 Å². The van der Waals surface area contributed by atoms with Gasteiger partial charge in [-0.1, -0.05) is 54.6 Å². The molecule has 0 spiro atoms. The second-order valence-corrected chi connectivity index (χ2v) is 6.45. The molecule has 0 aliphatic heterocycles. The van der Waals surface area contributed by atoms with Crippen LogP contribution in [0.15, 0.2) is 84.9 Å². The Hall–Kier alpha value is -4.54. The predicted molar refractivity (Wildman–Crippen MR) is 115 cm³/mol. The number of carbonyl (C=O) groups excluding carboxylic acids is 2. The number of allylic oxidation sites excluding steroid dienone is 2. The van der Waals surface area contributed by atoms with Crippen molar-refractivity contribution in [3.8, 4) is 12.1 Å². The summed E-state index contributed by atoms with van der Waals surface area (Å²) >= 11 is 0. The fraction of sp³-hybridized carbons (Fsp3) is 0. The molecule has 0 bridgehead atoms. The molecular formula is C26H16N2O2. The second-order valence-electron chi connectivity index (χ2n) is 6.45. The third-order valence-corrected chi connectivity index (χ3v) is 4.32. The van der Waals surface area contributed by atoms with Crippen LogP contribution in [-0.2, 0) is 0 Å². The lowest BCUT2D eigenvalue weighted by molar-refractivity contribution is 0.103. The average molecular weight is 388 g/mol. The largest absolute Gasteiger partial charge is 0.289 e. The van der Waals surface area contributed by atoms with Gasteiger partial charge in [0.2, 0.25) is 0 Å². The molecule has 3 rings (SSSR count). The van der Waals surface area contributed by atoms with Gasteiger partial charge in [-0.3, -0.25) is 9.59 Å². The highest BCUT2D eigenvalue weighted by Gasteiger charge is 2.04. The van der Waals surface area contributed by atoms with Crippen molar-refractivity contribution >= 4 is 23.7 Å². The zero-order valence-electron chi connectivity index (χ0n) is 15.9. The minimum Gasteiger partial charge on any atom is -0.289 e. The standard InChI is InChI=1S/C26H16N2O2/c27-17-21-6-2-8-23(15-21)25(29)12-10-19-4-1-5-20(14-19)11-13-26(30)24-9-3-7-22(16-24)18-28/h1-16H/b12-10-,13-11-. The van der Waals surface area contributed by atoms with Gasteiger partial charge in [0.05, 0.1) is 23.3 Å². The lowest BCUT2D eigenvalue weighted by atomic mass is 10.0. The topological polar surface area (TPSA) is 81.7 Å². The van der Waals surface area contributed by atoms with Gasteiger partial charge in [-0.15, -0.1) is 0 Å². The monoisotopic (exact) mass is 388 g/mol. The van der Waals surface area contributed by atoms with E-state index in [4.69, 9.17) is 10.5 Å². The van der Waals surface area contributed by atoms with Gasteiger partial charge in [-0.25, -0.2) is 0 Å². The summed E-state index contributed by atoms with van der Waals surface area (Å²) in [5.41, 5.74) is 3.39. The summed E-state index contributed by atoms with van der Waals surface area (Å²) < 4.78 is 0. The van der Waals surface area contributed by atoms with Crippen LogP contribution in [0.25, 0.3) is 12.2 Å². The van der Waals surface area contributed by atoms with Crippen LogP contribution in [0, 0.1) is 22.7 Å². The third-order valence-electron chi connectivity index (χ3n) is 4.32. The minimum atomic E-state index is -0.194. The van der Waals surface area contributed by atoms with Crippen molar-refractivity contribution in [2.24, 2.45) is 0 Å². The molecule has 3 aromatic rings. The smallest absolute Gasteiger partial charge is 0.185 e. The van der Waals surface area contributed by atoms with E-state index in [1.165, 1.54) is 12.2 Å². The molecule has 0 unspecified atom stereocenters. The molecule has 3 aromatic carbocycles. The molecule has 142 valence electrons. The molecule has 30 heavy (non-hydrogen) atoms. The SMILES string of the molecule is N#Cc1cccc(C(=O)/C=C\c2cccc(/C=C\C(=O)c3cccc(C#N)c3)c2)c1. The fourth-order valence-electron chi connectivity index (χ4n) is 2.79. The Labute approximate surface area is 174 Å². The molecule has 0 heterocycles. The molecule has 0 saturated carbocycles. The molecular weight excluding hydrogens is 372 g/mol. The van der Waals surface area contributed by atoms with Gasteiger partial charge in [0, 0.05) is 11.1 Å². The van der Waals surface area contributed by atoms with Crippen LogP contribution in [0.5, 0.6) is 0 Å². The first-order valence-electron chi connectivity index (χ1n) is 9.14. The Bertz CT molecular complexity index is 1160. The van der Waals surface area contributed by atoms with Crippen molar-refractivity contribution in [3.63, 3.8) is 0 Å². The molecule has 0 atom stereocenters. The molecule has 4 heteroatoms. The van der Waals surface area contributed by atoms with Gasteiger partial charge >= 0.3 is 0 Å². The minimum absolute atomic E-state index is 0.194. The molecule has 0 amide bonds. The summed E-state index contributed by atoms with van der Waals surface area (Å²) in [5.74, 6) is -0.388. The van der Waals surface area contributed by atoms with E-state index in [2.05, 4.69) is 0 Å². The van der Waals surface area contributed by atoms with E-state index in [1.54, 1.807) is 60.7 Å². The van der Waals surface area contributed by atoms with E-state index in [9.17, 15) is 9.59 Å². The van der Waals surface area contributed by atoms with E-state index in [0.29, 0.717) is 22.3 Å². The number of nitrogens with zero attached hydrogens (tertiary/aromatic N) is 2. The number of hydrogen-bond donors (Lipinski definition) is 0. The molecule has 0 saturated heterocycles. The first-order chi connectivity index (χ1) is 14.6. The zero-order valence-corrected chi connectivity index (χ0v) is 15.9. The van der Waals surface area contributed by atoms with Crippen LogP contribution < -0.4 is 0 Å². The lowest BCUT2D eigenvalue weighted by Crippen LogP contribution is -1.95. The van der Waals surface area contributed by atoms with E-state index >= 15 is 0 Å². The highest BCUT2D eigenvalue weighted by atomic mass is 16.1. The van der Waals surface area contributed by atoms with E-state index < -0.39 is 0 Å². The maximum absolute atomic E-state index is 12.3. The molecule has 0 N–H and O–H groups in total. The maximum atomic E-state index is 12.3. The van der Waals surface area contributed by atoms with Gasteiger partial charge in [0.15, 0.2) is 11.6 Å². The Kier molecular flexibility index (Phi) is 6.46. The van der Waals surface area contributed by atoms with Crippen LogP contribution in [0.2, 0.25) is 0 Å². The number of nitriles is 2. The van der Waals surface area contributed by atoms with Crippen LogP contribution >= 0.6 is 0 Å². The number of ketones is 2. The third kappa shape index (κ3) is 5.25. The van der Waals surface area contributed by atoms with Gasteiger partial charge < -0.3 is 0 Å². The molecule has 0 radical (unpaired) electrons. The van der Waals surface area contributed by atoms with E-state index in [1.807, 2.05) is 36.4 Å². The summed E-state index contributed by atoms with van der Waals surface area (Å²) in [6, 6.07) is 24.5. The van der Waals surface area contributed by atoms with Crippen molar-refractivity contribution < 1.29 is 9.59 Å². The van der Waals surface area contributed by atoms with E-state index in [-0.39, 0.29) is 11.6 Å². The lowest BCUT2D eigenvalue weighted by Gasteiger charge is -1.99. The Morgan fingerprint density at radius 2 is 1.07 bits per heavy atom. The number of rotatable bonds is 6. The molecule has 4 nitrogen and oxygen atoms in total. The average Bonchev–Trinajstić information content (AvgIpc) is 2.81. The fourth-order valence-corrected chi connectivity index (χ4v) is 2.79. The number of benzene rings is 3. The first-order valence-corrected chi connectivity index (χ1v) is 9.14. The Morgan fingerprint density at radius 3 is 1.50 bits per heavy atom. The molecule has 0 aliphatic rings. The van der Waals surface area contributed by atoms with E-state index in [0.717, 1.165) is 11.1 Å². The van der Waals surface area contributed by atoms with Crippen molar-refractivity contribution in [2.75, 3.05) is 0 Å². The number of carbonyl (C=O) groups is 2. The van der Waals surface area contributed by atoms with Gasteiger partial charge in [0.25, 0.3) is 0 Å². The van der Waals surface area contributed by atoms with Crippen molar-refractivity contribution in [1.29, 1.82) is 10.5 Å². The maximum Gasteiger partial charge on any atom is 0.185 e. The van der Waals surface area contributed by atoms with Gasteiger partial charge in [-0.2, -0.15) is 10.5 Å². The summed E-state index contributed by atoms with van der Waals surface area (Å²) in [6.07, 6.45) is 6.30. The molecule has 0 fully saturated rings. The summed E-state index contributed by atoms with van der Waals surface area (Å²) in [7, 11) is 0. The first kappa shape index (κ1) is 20.2. The number of hydrogen-bond acceptors (Lipinski definition) is 4. The molecule has 0 aliphatic carbocycles. The predicted octanol–water partition coefficient (Wildman–Crippen LogP) is 5.22. The van der Waals surface area contributed by atoms with Crippen molar-refractivity contribution in [3.05, 3.63) is 118 Å². The highest BCUT2D eigenvalue weighted by Crippen LogP contribution is 2.12. The van der Waals surface area contributed by atoms with Gasteiger partial charge in [0.1, 0.15) is 0 Å². The zero-order chi connectivity index (χ0) is 21.3. The quantitative estimate of drug-likeness (QED) is 0.428. The van der Waals surface area contributed by atoms with Crippen LogP contribution in [0.3, 0.4) is 0 Å². The summed E-state index contributed by atoms with van der Waals surface area (Å²) in [5, 5.41) is 17.9. The Morgan fingerprint density at radius 1 is 0.633 bits per heavy atom. The van der Waals surface area contributed by atoms with Crippen LogP contribution in [0.1, 0.15) is 43.0 Å².